The van der Waals surface area contributed by atoms with Crippen molar-refractivity contribution in [3.63, 3.8) is 0 Å². The monoisotopic (exact) mass is 251 g/mol. The highest BCUT2D eigenvalue weighted by Crippen LogP contribution is 2.04. The Hall–Kier alpha value is -1.66. The SMILES string of the molecule is COCC(C)NC(=NCc1ncccc1C)NN. The molecule has 1 atom stereocenters. The van der Waals surface area contributed by atoms with E-state index in [0.29, 0.717) is 19.1 Å². The van der Waals surface area contributed by atoms with Gasteiger partial charge in [0.1, 0.15) is 0 Å². The third kappa shape index (κ3) is 4.68. The molecule has 0 aromatic carbocycles. The first-order valence-corrected chi connectivity index (χ1v) is 5.84. The fourth-order valence-corrected chi connectivity index (χ4v) is 1.50. The van der Waals surface area contributed by atoms with E-state index >= 15 is 0 Å². The summed E-state index contributed by atoms with van der Waals surface area (Å²) in [5, 5.41) is 3.12. The smallest absolute Gasteiger partial charge is 0.206 e. The third-order valence-electron chi connectivity index (χ3n) is 2.44. The number of ether oxygens (including phenoxy) is 1. The van der Waals surface area contributed by atoms with Crippen molar-refractivity contribution in [1.82, 2.24) is 15.7 Å². The van der Waals surface area contributed by atoms with Crippen LogP contribution in [0, 0.1) is 6.92 Å². The van der Waals surface area contributed by atoms with Gasteiger partial charge in [-0.2, -0.15) is 0 Å². The van der Waals surface area contributed by atoms with Crippen molar-refractivity contribution in [1.29, 1.82) is 0 Å². The van der Waals surface area contributed by atoms with Gasteiger partial charge >= 0.3 is 0 Å². The van der Waals surface area contributed by atoms with Gasteiger partial charge in [0.25, 0.3) is 0 Å². The van der Waals surface area contributed by atoms with Gasteiger partial charge in [0.05, 0.1) is 18.8 Å². The van der Waals surface area contributed by atoms with Crippen molar-refractivity contribution in [3.05, 3.63) is 29.6 Å². The van der Waals surface area contributed by atoms with E-state index in [0.717, 1.165) is 11.3 Å². The molecule has 0 aliphatic heterocycles. The Morgan fingerprint density at radius 1 is 1.61 bits per heavy atom. The number of methoxy groups -OCH3 is 1. The summed E-state index contributed by atoms with van der Waals surface area (Å²) in [6.07, 6.45) is 1.76. The molecule has 4 N–H and O–H groups in total. The van der Waals surface area contributed by atoms with Crippen molar-refractivity contribution < 1.29 is 4.74 Å². The average Bonchev–Trinajstić information content (AvgIpc) is 2.36. The zero-order chi connectivity index (χ0) is 13.4. The lowest BCUT2D eigenvalue weighted by Gasteiger charge is -2.15. The fourth-order valence-electron chi connectivity index (χ4n) is 1.50. The third-order valence-corrected chi connectivity index (χ3v) is 2.44. The van der Waals surface area contributed by atoms with Gasteiger partial charge in [-0.15, -0.1) is 0 Å². The molecule has 1 rings (SSSR count). The summed E-state index contributed by atoms with van der Waals surface area (Å²) in [6.45, 7) is 5.07. The van der Waals surface area contributed by atoms with Crippen LogP contribution in [0.3, 0.4) is 0 Å². The van der Waals surface area contributed by atoms with Gasteiger partial charge in [-0.1, -0.05) is 6.07 Å². The lowest BCUT2D eigenvalue weighted by molar-refractivity contribution is 0.179. The van der Waals surface area contributed by atoms with Crippen LogP contribution < -0.4 is 16.6 Å². The Morgan fingerprint density at radius 3 is 3.00 bits per heavy atom. The number of nitrogens with two attached hydrogens (primary N) is 1. The van der Waals surface area contributed by atoms with E-state index in [2.05, 4.69) is 20.7 Å². The maximum absolute atomic E-state index is 5.41. The highest BCUT2D eigenvalue weighted by atomic mass is 16.5. The van der Waals surface area contributed by atoms with E-state index in [1.54, 1.807) is 13.3 Å². The minimum absolute atomic E-state index is 0.134. The number of nitrogens with zero attached hydrogens (tertiary/aromatic N) is 2. The van der Waals surface area contributed by atoms with Gasteiger partial charge in [-0.25, -0.2) is 10.8 Å². The molecule has 1 aromatic heterocycles. The van der Waals surface area contributed by atoms with Gasteiger partial charge in [-0.05, 0) is 25.5 Å². The number of hydrazine groups is 1. The van der Waals surface area contributed by atoms with Gasteiger partial charge in [0, 0.05) is 19.3 Å². The zero-order valence-electron chi connectivity index (χ0n) is 11.1. The molecular weight excluding hydrogens is 230 g/mol. The summed E-state index contributed by atoms with van der Waals surface area (Å²) in [5.74, 6) is 5.95. The van der Waals surface area contributed by atoms with Crippen molar-refractivity contribution in [3.8, 4) is 0 Å². The molecule has 18 heavy (non-hydrogen) atoms. The van der Waals surface area contributed by atoms with Crippen molar-refractivity contribution in [2.75, 3.05) is 13.7 Å². The summed E-state index contributed by atoms with van der Waals surface area (Å²) in [7, 11) is 1.65. The fraction of sp³-hybridized carbons (Fsp3) is 0.500. The molecule has 1 unspecified atom stereocenters. The summed E-state index contributed by atoms with van der Waals surface area (Å²) in [4.78, 5) is 8.62. The van der Waals surface area contributed by atoms with Gasteiger partial charge in [-0.3, -0.25) is 10.4 Å². The van der Waals surface area contributed by atoms with Crippen LogP contribution in [0.15, 0.2) is 23.3 Å². The molecule has 0 radical (unpaired) electrons. The number of aliphatic imine (C=N–C) groups is 1. The predicted molar refractivity (Wildman–Crippen MR) is 71.9 cm³/mol. The molecular formula is C12H21N5O. The molecule has 6 nitrogen and oxygen atoms in total. The Morgan fingerprint density at radius 2 is 2.39 bits per heavy atom. The number of guanidine groups is 1. The summed E-state index contributed by atoms with van der Waals surface area (Å²) in [5.41, 5.74) is 4.59. The Kier molecular flexibility index (Phi) is 6.10. The summed E-state index contributed by atoms with van der Waals surface area (Å²) < 4.78 is 5.03. The molecule has 1 heterocycles. The number of hydrogen-bond donors (Lipinski definition) is 3. The van der Waals surface area contributed by atoms with Gasteiger partial charge in [0.15, 0.2) is 0 Å². The maximum Gasteiger partial charge on any atom is 0.206 e. The van der Waals surface area contributed by atoms with Crippen LogP contribution in [-0.4, -0.2) is 30.7 Å². The number of rotatable bonds is 5. The molecule has 6 heteroatoms. The van der Waals surface area contributed by atoms with Crippen LogP contribution in [0.1, 0.15) is 18.2 Å². The lowest BCUT2D eigenvalue weighted by atomic mass is 10.2. The van der Waals surface area contributed by atoms with E-state index in [9.17, 15) is 0 Å². The molecule has 0 spiro atoms. The minimum atomic E-state index is 0.134. The van der Waals surface area contributed by atoms with Crippen LogP contribution in [0.5, 0.6) is 0 Å². The summed E-state index contributed by atoms with van der Waals surface area (Å²) >= 11 is 0. The van der Waals surface area contributed by atoms with Gasteiger partial charge < -0.3 is 10.1 Å². The zero-order valence-corrected chi connectivity index (χ0v) is 11.1. The van der Waals surface area contributed by atoms with E-state index in [1.807, 2.05) is 26.0 Å². The van der Waals surface area contributed by atoms with Crippen molar-refractivity contribution in [2.24, 2.45) is 10.8 Å². The molecule has 0 bridgehead atoms. The van der Waals surface area contributed by atoms with E-state index in [4.69, 9.17) is 10.6 Å². The molecule has 1 aromatic rings. The lowest BCUT2D eigenvalue weighted by Crippen LogP contribution is -2.46. The second-order valence-corrected chi connectivity index (χ2v) is 4.08. The molecule has 0 fully saturated rings. The maximum atomic E-state index is 5.41. The number of nitrogens with one attached hydrogen (secondary N) is 2. The van der Waals surface area contributed by atoms with Crippen LogP contribution >= 0.6 is 0 Å². The van der Waals surface area contributed by atoms with E-state index in [1.165, 1.54) is 0 Å². The molecule has 0 amide bonds. The highest BCUT2D eigenvalue weighted by molar-refractivity contribution is 5.79. The van der Waals surface area contributed by atoms with Crippen LogP contribution in [0.2, 0.25) is 0 Å². The second-order valence-electron chi connectivity index (χ2n) is 4.08. The minimum Gasteiger partial charge on any atom is -0.383 e. The van der Waals surface area contributed by atoms with Crippen molar-refractivity contribution >= 4 is 5.96 Å². The number of pyridine rings is 1. The first-order valence-electron chi connectivity index (χ1n) is 5.84. The van der Waals surface area contributed by atoms with Crippen LogP contribution in [0.4, 0.5) is 0 Å². The van der Waals surface area contributed by atoms with Crippen LogP contribution in [0.25, 0.3) is 0 Å². The quantitative estimate of drug-likeness (QED) is 0.304. The number of aromatic nitrogens is 1. The Balaban J connectivity index is 2.60. The average molecular weight is 251 g/mol. The molecule has 0 saturated heterocycles. The topological polar surface area (TPSA) is 84.6 Å². The molecule has 100 valence electrons. The predicted octanol–water partition coefficient (Wildman–Crippen LogP) is 0.334. The molecule has 0 aliphatic rings. The van der Waals surface area contributed by atoms with Gasteiger partial charge in [0.2, 0.25) is 5.96 Å². The van der Waals surface area contributed by atoms with E-state index < -0.39 is 0 Å². The Bertz CT molecular complexity index is 394. The van der Waals surface area contributed by atoms with Crippen molar-refractivity contribution in [2.45, 2.75) is 26.4 Å². The first-order chi connectivity index (χ1) is 8.67. The Labute approximate surface area is 108 Å². The number of hydrogen-bond acceptors (Lipinski definition) is 4. The van der Waals surface area contributed by atoms with Crippen LogP contribution in [-0.2, 0) is 11.3 Å². The summed E-state index contributed by atoms with van der Waals surface area (Å²) in [6, 6.07) is 4.05. The largest absolute Gasteiger partial charge is 0.383 e. The second kappa shape index (κ2) is 7.62. The molecule has 0 saturated carbocycles. The first kappa shape index (κ1) is 14.4. The van der Waals surface area contributed by atoms with E-state index in [-0.39, 0.29) is 6.04 Å². The normalized spacial score (nSPS) is 13.2. The standard InChI is InChI=1S/C12H21N5O/c1-9-5-4-6-14-11(9)7-15-12(17-13)16-10(2)8-18-3/h4-6,10H,7-8,13H2,1-3H3,(H2,15,16,17). The number of aryl methyl sites for hydroxylation is 1. The molecule has 0 aliphatic carbocycles. The highest BCUT2D eigenvalue weighted by Gasteiger charge is 2.04.